The van der Waals surface area contributed by atoms with Crippen LogP contribution in [0.15, 0.2) is 36.9 Å². The average molecular weight is 291 g/mol. The van der Waals surface area contributed by atoms with Crippen LogP contribution in [0.3, 0.4) is 0 Å². The molecule has 0 aliphatic heterocycles. The molecule has 0 fully saturated rings. The first-order chi connectivity index (χ1) is 10.1. The minimum absolute atomic E-state index is 0.0586. The topological polar surface area (TPSA) is 90.4 Å². The highest BCUT2D eigenvalue weighted by Gasteiger charge is 2.15. The van der Waals surface area contributed by atoms with Gasteiger partial charge in [0.05, 0.1) is 24.0 Å². The number of aliphatic hydroxyl groups excluding tert-OH is 1. The summed E-state index contributed by atoms with van der Waals surface area (Å²) in [5, 5.41) is 20.5. The lowest BCUT2D eigenvalue weighted by Crippen LogP contribution is -2.06. The van der Waals surface area contributed by atoms with Gasteiger partial charge in [-0.2, -0.15) is 0 Å². The number of nitro groups is 1. The zero-order chi connectivity index (χ0) is 15.2. The van der Waals surface area contributed by atoms with Crippen LogP contribution in [-0.2, 0) is 6.54 Å². The van der Waals surface area contributed by atoms with E-state index in [1.165, 1.54) is 18.2 Å². The fourth-order valence-corrected chi connectivity index (χ4v) is 1.96. The zero-order valence-corrected chi connectivity index (χ0v) is 11.7. The van der Waals surface area contributed by atoms with Crippen molar-refractivity contribution in [2.45, 2.75) is 26.0 Å². The van der Waals surface area contributed by atoms with Gasteiger partial charge in [0.1, 0.15) is 5.75 Å². The van der Waals surface area contributed by atoms with Crippen molar-refractivity contribution in [1.82, 2.24) is 9.55 Å². The van der Waals surface area contributed by atoms with Gasteiger partial charge in [0, 0.05) is 36.6 Å². The largest absolute Gasteiger partial charge is 0.493 e. The van der Waals surface area contributed by atoms with Crippen LogP contribution in [0.1, 0.15) is 25.0 Å². The van der Waals surface area contributed by atoms with Crippen molar-refractivity contribution in [3.05, 3.63) is 52.6 Å². The van der Waals surface area contributed by atoms with Crippen LogP contribution in [0, 0.1) is 10.1 Å². The van der Waals surface area contributed by atoms with Crippen molar-refractivity contribution in [2.24, 2.45) is 0 Å². The monoisotopic (exact) mass is 291 g/mol. The van der Waals surface area contributed by atoms with E-state index in [9.17, 15) is 15.2 Å². The maximum absolute atomic E-state index is 10.8. The average Bonchev–Trinajstić information content (AvgIpc) is 2.96. The number of ether oxygens (including phenoxy) is 1. The zero-order valence-electron chi connectivity index (χ0n) is 11.7. The molecule has 0 saturated heterocycles. The summed E-state index contributed by atoms with van der Waals surface area (Å²) in [6.07, 6.45) is 5.25. The lowest BCUT2D eigenvalue weighted by molar-refractivity contribution is -0.385. The number of aliphatic hydroxyl groups is 1. The summed E-state index contributed by atoms with van der Waals surface area (Å²) < 4.78 is 7.55. The summed E-state index contributed by atoms with van der Waals surface area (Å²) in [6.45, 7) is 2.78. The Labute approximate surface area is 122 Å². The van der Waals surface area contributed by atoms with Gasteiger partial charge < -0.3 is 14.4 Å². The molecule has 0 bridgehead atoms. The van der Waals surface area contributed by atoms with E-state index < -0.39 is 11.0 Å². The maximum atomic E-state index is 10.8. The molecule has 1 aromatic heterocycles. The number of imidazole rings is 1. The van der Waals surface area contributed by atoms with Crippen LogP contribution in [0.2, 0.25) is 0 Å². The molecule has 112 valence electrons. The normalized spacial score (nSPS) is 12.1. The standard InChI is InChI=1S/C14H17N3O4/c1-11(18)13-9-12(17(19)20)3-4-14(13)21-8-2-6-16-7-5-15-10-16/h3-5,7,9-11,18H,2,6,8H2,1H3. The van der Waals surface area contributed by atoms with Crippen LogP contribution in [0.25, 0.3) is 0 Å². The molecule has 1 unspecified atom stereocenters. The molecule has 1 aromatic carbocycles. The number of hydrogen-bond acceptors (Lipinski definition) is 5. The van der Waals surface area contributed by atoms with E-state index in [1.807, 2.05) is 10.8 Å². The summed E-state index contributed by atoms with van der Waals surface area (Å²) in [4.78, 5) is 14.2. The maximum Gasteiger partial charge on any atom is 0.270 e. The van der Waals surface area contributed by atoms with Crippen LogP contribution in [0.4, 0.5) is 5.69 Å². The molecular weight excluding hydrogens is 274 g/mol. The van der Waals surface area contributed by atoms with Crippen molar-refractivity contribution in [3.63, 3.8) is 0 Å². The van der Waals surface area contributed by atoms with Gasteiger partial charge in [0.2, 0.25) is 0 Å². The van der Waals surface area contributed by atoms with E-state index in [4.69, 9.17) is 4.74 Å². The summed E-state index contributed by atoms with van der Waals surface area (Å²) in [5.41, 5.74) is 0.364. The lowest BCUT2D eigenvalue weighted by Gasteiger charge is -2.13. The molecule has 1 N–H and O–H groups in total. The van der Waals surface area contributed by atoms with Gasteiger partial charge >= 0.3 is 0 Å². The Hall–Kier alpha value is -2.41. The first-order valence-electron chi connectivity index (χ1n) is 6.63. The smallest absolute Gasteiger partial charge is 0.270 e. The molecule has 2 rings (SSSR count). The highest BCUT2D eigenvalue weighted by atomic mass is 16.6. The molecule has 0 amide bonds. The Morgan fingerprint density at radius 1 is 1.52 bits per heavy atom. The predicted octanol–water partition coefficient (Wildman–Crippen LogP) is 2.31. The molecule has 0 radical (unpaired) electrons. The molecule has 0 saturated carbocycles. The third-order valence-corrected chi connectivity index (χ3v) is 3.03. The number of rotatable bonds is 7. The van der Waals surface area contributed by atoms with Crippen LogP contribution >= 0.6 is 0 Å². The summed E-state index contributed by atoms with van der Waals surface area (Å²) in [7, 11) is 0. The van der Waals surface area contributed by atoms with Crippen molar-refractivity contribution >= 4 is 5.69 Å². The highest BCUT2D eigenvalue weighted by Crippen LogP contribution is 2.29. The molecule has 0 aliphatic rings. The molecule has 7 heteroatoms. The minimum atomic E-state index is -0.825. The molecule has 0 aliphatic carbocycles. The first-order valence-corrected chi connectivity index (χ1v) is 6.63. The molecule has 1 heterocycles. The molecule has 2 aromatic rings. The molecule has 21 heavy (non-hydrogen) atoms. The second-order valence-electron chi connectivity index (χ2n) is 4.66. The second-order valence-corrected chi connectivity index (χ2v) is 4.66. The fourth-order valence-electron chi connectivity index (χ4n) is 1.96. The van der Waals surface area contributed by atoms with Crippen molar-refractivity contribution < 1.29 is 14.8 Å². The predicted molar refractivity (Wildman–Crippen MR) is 76.1 cm³/mol. The van der Waals surface area contributed by atoms with Gasteiger partial charge in [-0.1, -0.05) is 0 Å². The number of aromatic nitrogens is 2. The Balaban J connectivity index is 1.97. The van der Waals surface area contributed by atoms with Gasteiger partial charge in [-0.25, -0.2) is 4.98 Å². The molecule has 0 spiro atoms. The number of hydrogen-bond donors (Lipinski definition) is 1. The quantitative estimate of drug-likeness (QED) is 0.480. The Morgan fingerprint density at radius 2 is 2.33 bits per heavy atom. The minimum Gasteiger partial charge on any atom is -0.493 e. The van der Waals surface area contributed by atoms with Crippen molar-refractivity contribution in [3.8, 4) is 5.75 Å². The van der Waals surface area contributed by atoms with Crippen molar-refractivity contribution in [2.75, 3.05) is 6.61 Å². The first kappa shape index (κ1) is 15.0. The Morgan fingerprint density at radius 3 is 2.95 bits per heavy atom. The van der Waals surface area contributed by atoms with Gasteiger partial charge in [-0.05, 0) is 19.4 Å². The van der Waals surface area contributed by atoms with Gasteiger partial charge in [-0.15, -0.1) is 0 Å². The van der Waals surface area contributed by atoms with E-state index in [0.717, 1.165) is 13.0 Å². The van der Waals surface area contributed by atoms with E-state index in [1.54, 1.807) is 19.4 Å². The third kappa shape index (κ3) is 4.03. The number of nitro benzene ring substituents is 1. The van der Waals surface area contributed by atoms with Gasteiger partial charge in [0.15, 0.2) is 0 Å². The van der Waals surface area contributed by atoms with E-state index in [-0.39, 0.29) is 5.69 Å². The third-order valence-electron chi connectivity index (χ3n) is 3.03. The summed E-state index contributed by atoms with van der Waals surface area (Å²) in [6, 6.07) is 4.24. The van der Waals surface area contributed by atoms with E-state index >= 15 is 0 Å². The summed E-state index contributed by atoms with van der Waals surface area (Å²) in [5.74, 6) is 0.473. The Bertz CT molecular complexity index is 596. The number of nitrogens with zero attached hydrogens (tertiary/aromatic N) is 3. The SMILES string of the molecule is CC(O)c1cc([N+](=O)[O-])ccc1OCCCn1ccnc1. The lowest BCUT2D eigenvalue weighted by atomic mass is 10.1. The number of aryl methyl sites for hydroxylation is 1. The second kappa shape index (κ2) is 6.85. The van der Waals surface area contributed by atoms with Crippen LogP contribution in [0.5, 0.6) is 5.75 Å². The number of non-ortho nitro benzene ring substituents is 1. The number of benzene rings is 1. The van der Waals surface area contributed by atoms with Crippen LogP contribution < -0.4 is 4.74 Å². The molecule has 1 atom stereocenters. The van der Waals surface area contributed by atoms with Crippen LogP contribution in [-0.4, -0.2) is 26.2 Å². The molecule has 7 nitrogen and oxygen atoms in total. The fraction of sp³-hybridized carbons (Fsp3) is 0.357. The Kier molecular flexibility index (Phi) is 4.89. The van der Waals surface area contributed by atoms with E-state index in [0.29, 0.717) is 17.9 Å². The van der Waals surface area contributed by atoms with Gasteiger partial charge in [0.25, 0.3) is 5.69 Å². The summed E-state index contributed by atoms with van der Waals surface area (Å²) >= 11 is 0. The van der Waals surface area contributed by atoms with Gasteiger partial charge in [-0.3, -0.25) is 10.1 Å². The van der Waals surface area contributed by atoms with Crippen molar-refractivity contribution in [1.29, 1.82) is 0 Å². The van der Waals surface area contributed by atoms with E-state index in [2.05, 4.69) is 4.98 Å². The molecular formula is C14H17N3O4. The highest BCUT2D eigenvalue weighted by molar-refractivity contribution is 5.44.